The molecule has 6 heteroatoms. The van der Waals surface area contributed by atoms with Gasteiger partial charge in [-0.15, -0.1) is 0 Å². The van der Waals surface area contributed by atoms with Gasteiger partial charge in [0.05, 0.1) is 11.0 Å². The number of anilines is 1. The van der Waals surface area contributed by atoms with E-state index in [0.717, 1.165) is 51.5 Å². The normalized spacial score (nSPS) is 18.5. The summed E-state index contributed by atoms with van der Waals surface area (Å²) in [5.74, 6) is -0.0466. The summed E-state index contributed by atoms with van der Waals surface area (Å²) >= 11 is 0. The van der Waals surface area contributed by atoms with Crippen molar-refractivity contribution < 1.29 is 9.31 Å². The molecule has 0 bridgehead atoms. The van der Waals surface area contributed by atoms with E-state index in [4.69, 9.17) is 0 Å². The second-order valence-corrected chi connectivity index (χ2v) is 5.58. The molecule has 2 rings (SSSR count). The van der Waals surface area contributed by atoms with Crippen LogP contribution in [-0.4, -0.2) is 31.1 Å². The highest BCUT2D eigenvalue weighted by Crippen LogP contribution is 2.25. The Bertz CT molecular complexity index is 490. The topological polar surface area (TPSA) is 58.4 Å². The minimum Gasteiger partial charge on any atom is -0.371 e. The van der Waals surface area contributed by atoms with Crippen LogP contribution in [0.3, 0.4) is 0 Å². The zero-order valence-electron chi connectivity index (χ0n) is 12.3. The van der Waals surface area contributed by atoms with E-state index in [0.29, 0.717) is 11.6 Å². The summed E-state index contributed by atoms with van der Waals surface area (Å²) in [5, 5.41) is 14.3. The summed E-state index contributed by atoms with van der Waals surface area (Å²) in [6, 6.07) is 3.82. The van der Waals surface area contributed by atoms with Gasteiger partial charge in [-0.05, 0) is 44.3 Å². The average Bonchev–Trinajstić information content (AvgIpc) is 2.47. The van der Waals surface area contributed by atoms with Crippen LogP contribution in [0, 0.1) is 21.8 Å². The second-order valence-electron chi connectivity index (χ2n) is 5.58. The molecule has 1 saturated heterocycles. The number of hydrogen-bond acceptors (Lipinski definition) is 4. The first-order chi connectivity index (χ1) is 10.1. The number of piperidine rings is 1. The fraction of sp³-hybridized carbons (Fsp3) is 0.600. The number of nitrogens with one attached hydrogen (secondary N) is 1. The standard InChI is InChI=1S/C15H22FN3O2/c1-2-6-18(11-12-4-3-5-17-10-12)14-7-13(16)8-15(9-14)19(20)21/h7-9,12,17H,2-6,10-11H2,1H3. The predicted octanol–water partition coefficient (Wildman–Crippen LogP) is 2.95. The van der Waals surface area contributed by atoms with Crippen LogP contribution in [0.15, 0.2) is 18.2 Å². The number of nitro groups is 1. The molecule has 1 fully saturated rings. The van der Waals surface area contributed by atoms with Crippen molar-refractivity contribution in [3.63, 3.8) is 0 Å². The lowest BCUT2D eigenvalue weighted by molar-refractivity contribution is -0.385. The molecule has 21 heavy (non-hydrogen) atoms. The summed E-state index contributed by atoms with van der Waals surface area (Å²) in [7, 11) is 0. The summed E-state index contributed by atoms with van der Waals surface area (Å²) < 4.78 is 13.6. The van der Waals surface area contributed by atoms with Crippen molar-refractivity contribution in [3.05, 3.63) is 34.1 Å². The van der Waals surface area contributed by atoms with Gasteiger partial charge in [0.15, 0.2) is 0 Å². The van der Waals surface area contributed by atoms with E-state index in [-0.39, 0.29) is 5.69 Å². The van der Waals surface area contributed by atoms with Gasteiger partial charge in [0.2, 0.25) is 0 Å². The summed E-state index contributed by atoms with van der Waals surface area (Å²) in [4.78, 5) is 12.4. The number of nitrogens with zero attached hydrogens (tertiary/aromatic N) is 2. The highest BCUT2D eigenvalue weighted by atomic mass is 19.1. The van der Waals surface area contributed by atoms with E-state index < -0.39 is 10.7 Å². The third-order valence-electron chi connectivity index (χ3n) is 3.81. The minimum atomic E-state index is -0.554. The first-order valence-corrected chi connectivity index (χ1v) is 7.50. The van der Waals surface area contributed by atoms with Crippen LogP contribution < -0.4 is 10.2 Å². The monoisotopic (exact) mass is 295 g/mol. The van der Waals surface area contributed by atoms with Crippen LogP contribution in [0.4, 0.5) is 15.8 Å². The molecule has 0 saturated carbocycles. The van der Waals surface area contributed by atoms with Gasteiger partial charge in [0, 0.05) is 24.8 Å². The summed E-state index contributed by atoms with van der Waals surface area (Å²) in [5.41, 5.74) is 0.419. The Morgan fingerprint density at radius 3 is 2.90 bits per heavy atom. The quantitative estimate of drug-likeness (QED) is 0.647. The largest absolute Gasteiger partial charge is 0.371 e. The number of benzene rings is 1. The smallest absolute Gasteiger partial charge is 0.274 e. The van der Waals surface area contributed by atoms with Gasteiger partial charge >= 0.3 is 0 Å². The van der Waals surface area contributed by atoms with Crippen molar-refractivity contribution >= 4 is 11.4 Å². The Balaban J connectivity index is 2.18. The highest BCUT2D eigenvalue weighted by Gasteiger charge is 2.19. The van der Waals surface area contributed by atoms with Crippen LogP contribution in [0.5, 0.6) is 0 Å². The molecule has 0 amide bonds. The van der Waals surface area contributed by atoms with Crippen molar-refractivity contribution in [2.75, 3.05) is 31.1 Å². The maximum Gasteiger partial charge on any atom is 0.274 e. The molecule has 1 aromatic rings. The molecule has 116 valence electrons. The molecule has 0 radical (unpaired) electrons. The zero-order chi connectivity index (χ0) is 15.2. The Morgan fingerprint density at radius 2 is 2.29 bits per heavy atom. The molecule has 1 aromatic carbocycles. The molecular formula is C15H22FN3O2. The SMILES string of the molecule is CCCN(CC1CCCNC1)c1cc(F)cc([N+](=O)[O-])c1. The Kier molecular flexibility index (Phi) is 5.50. The molecule has 5 nitrogen and oxygen atoms in total. The van der Waals surface area contributed by atoms with E-state index in [1.54, 1.807) is 0 Å². The summed E-state index contributed by atoms with van der Waals surface area (Å²) in [6.07, 6.45) is 3.21. The first-order valence-electron chi connectivity index (χ1n) is 7.50. The van der Waals surface area contributed by atoms with Crippen molar-refractivity contribution in [1.82, 2.24) is 5.32 Å². The fourth-order valence-electron chi connectivity index (χ4n) is 2.83. The molecule has 1 unspecified atom stereocenters. The number of nitro benzene ring substituents is 1. The molecule has 1 atom stereocenters. The maximum absolute atomic E-state index is 13.6. The average molecular weight is 295 g/mol. The molecule has 0 spiro atoms. The first kappa shape index (κ1) is 15.7. The summed E-state index contributed by atoms with van der Waals surface area (Å²) in [6.45, 7) is 5.64. The Hall–Kier alpha value is -1.69. The van der Waals surface area contributed by atoms with Gasteiger partial charge in [-0.1, -0.05) is 6.92 Å². The van der Waals surface area contributed by atoms with E-state index in [2.05, 4.69) is 17.1 Å². The lowest BCUT2D eigenvalue weighted by atomic mass is 9.98. The van der Waals surface area contributed by atoms with Crippen LogP contribution in [0.1, 0.15) is 26.2 Å². The van der Waals surface area contributed by atoms with E-state index in [9.17, 15) is 14.5 Å². The lowest BCUT2D eigenvalue weighted by Gasteiger charge is -2.31. The van der Waals surface area contributed by atoms with Crippen molar-refractivity contribution in [2.24, 2.45) is 5.92 Å². The second kappa shape index (κ2) is 7.36. The third kappa shape index (κ3) is 4.39. The molecule has 1 aliphatic rings. The third-order valence-corrected chi connectivity index (χ3v) is 3.81. The Labute approximate surface area is 124 Å². The molecule has 0 aromatic heterocycles. The highest BCUT2D eigenvalue weighted by molar-refractivity contribution is 5.53. The van der Waals surface area contributed by atoms with Crippen LogP contribution in [0.2, 0.25) is 0 Å². The number of hydrogen-bond donors (Lipinski definition) is 1. The molecular weight excluding hydrogens is 273 g/mol. The number of halogens is 1. The van der Waals surface area contributed by atoms with Gasteiger partial charge in [0.1, 0.15) is 5.82 Å². The fourth-order valence-corrected chi connectivity index (χ4v) is 2.83. The van der Waals surface area contributed by atoms with Crippen molar-refractivity contribution in [2.45, 2.75) is 26.2 Å². The number of non-ortho nitro benzene ring substituents is 1. The lowest BCUT2D eigenvalue weighted by Crippen LogP contribution is -2.38. The zero-order valence-corrected chi connectivity index (χ0v) is 12.3. The predicted molar refractivity (Wildman–Crippen MR) is 81.2 cm³/mol. The van der Waals surface area contributed by atoms with E-state index >= 15 is 0 Å². The van der Waals surface area contributed by atoms with Gasteiger partial charge in [0.25, 0.3) is 5.69 Å². The van der Waals surface area contributed by atoms with Crippen LogP contribution in [0.25, 0.3) is 0 Å². The number of rotatable bonds is 6. The van der Waals surface area contributed by atoms with Crippen molar-refractivity contribution in [1.29, 1.82) is 0 Å². The van der Waals surface area contributed by atoms with E-state index in [1.165, 1.54) is 12.1 Å². The molecule has 0 aliphatic carbocycles. The van der Waals surface area contributed by atoms with Crippen LogP contribution >= 0.6 is 0 Å². The van der Waals surface area contributed by atoms with Crippen LogP contribution in [-0.2, 0) is 0 Å². The minimum absolute atomic E-state index is 0.187. The molecule has 1 N–H and O–H groups in total. The Morgan fingerprint density at radius 1 is 1.48 bits per heavy atom. The van der Waals surface area contributed by atoms with Gasteiger partial charge in [-0.25, -0.2) is 4.39 Å². The van der Waals surface area contributed by atoms with Gasteiger partial charge < -0.3 is 10.2 Å². The van der Waals surface area contributed by atoms with Gasteiger partial charge in [-0.3, -0.25) is 10.1 Å². The maximum atomic E-state index is 13.6. The van der Waals surface area contributed by atoms with E-state index in [1.807, 2.05) is 0 Å². The van der Waals surface area contributed by atoms with Gasteiger partial charge in [-0.2, -0.15) is 0 Å². The van der Waals surface area contributed by atoms with Crippen molar-refractivity contribution in [3.8, 4) is 0 Å². The molecule has 1 aliphatic heterocycles. The molecule has 1 heterocycles.